The van der Waals surface area contributed by atoms with E-state index in [1.807, 2.05) is 0 Å². The van der Waals surface area contributed by atoms with E-state index < -0.39 is 145 Å². The Hall–Kier alpha value is 2.89. The number of aliphatic hydroxyl groups is 2. The van der Waals surface area contributed by atoms with E-state index in [-0.39, 0.29) is 13.2 Å². The third-order valence-electron chi connectivity index (χ3n) is 10.5. The molecule has 0 aliphatic heterocycles. The van der Waals surface area contributed by atoms with Gasteiger partial charge in [-0.1, -0.05) is 0 Å². The lowest BCUT2D eigenvalue weighted by Crippen LogP contribution is -2.63. The summed E-state index contributed by atoms with van der Waals surface area (Å²) in [7, 11) is -45.8. The molecule has 37 heteroatoms. The molecule has 0 radical (unpaired) electrons. The normalized spacial score (nSPS) is 15.6. The molecular formula is C44H124O20Si17. The minimum absolute atomic E-state index is 0.128. The standard InChI is InChI=1S/C44H124O20Si17/c1-65(2,43-41-47-39-35-37-45)49-67(5,6)51-69(9,10)53-71(13,14)55-73(17,18)57-75(21,22)59-77(25,26)61-79(29,30)63-81(33,34)64-80(31,32)62-78(27,28)60-76(23,24)58-74(19,20)56-72(15,16)54-70(11,12)52-68(7,8)50-66(3,4)44-42-48-40-36-38-46/h45-46H,35-44H2,1-34H3. The van der Waals surface area contributed by atoms with Gasteiger partial charge in [0.2, 0.25) is 0 Å². The molecule has 20 nitrogen and oxygen atoms in total. The second kappa shape index (κ2) is 31.5. The van der Waals surface area contributed by atoms with E-state index in [9.17, 15) is 0 Å². The smallest absolute Gasteiger partial charge is 0.314 e. The van der Waals surface area contributed by atoms with E-state index in [2.05, 4.69) is 223 Å². The third-order valence-corrected chi connectivity index (χ3v) is 76.7. The Kier molecular flexibility index (Phi) is 32.6. The first-order valence-corrected chi connectivity index (χ1v) is 77.5. The van der Waals surface area contributed by atoms with Crippen LogP contribution in [0.1, 0.15) is 12.8 Å². The maximum atomic E-state index is 9.07. The Morgan fingerprint density at radius 2 is 0.309 bits per heavy atom. The Bertz CT molecular complexity index is 1750. The van der Waals surface area contributed by atoms with E-state index in [1.165, 1.54) is 0 Å². The number of hydrogen-bond acceptors (Lipinski definition) is 20. The lowest BCUT2D eigenvalue weighted by atomic mass is 10.5. The highest BCUT2D eigenvalue weighted by Gasteiger charge is 2.53. The van der Waals surface area contributed by atoms with Gasteiger partial charge in [0.25, 0.3) is 0 Å². The molecule has 0 aliphatic carbocycles. The van der Waals surface area contributed by atoms with E-state index in [4.69, 9.17) is 85.5 Å². The highest BCUT2D eigenvalue weighted by molar-refractivity contribution is 6.95. The molecule has 0 saturated heterocycles. The van der Waals surface area contributed by atoms with Gasteiger partial charge in [-0.05, 0) is 248 Å². The molecule has 0 amide bonds. The number of hydrogen-bond donors (Lipinski definition) is 2. The van der Waals surface area contributed by atoms with Crippen molar-refractivity contribution in [3.05, 3.63) is 0 Å². The molecule has 0 bridgehead atoms. The molecule has 81 heavy (non-hydrogen) atoms. The van der Waals surface area contributed by atoms with Crippen molar-refractivity contribution in [3.8, 4) is 0 Å². The quantitative estimate of drug-likeness (QED) is 0.0429. The maximum absolute atomic E-state index is 9.07. The van der Waals surface area contributed by atoms with Crippen molar-refractivity contribution >= 4 is 145 Å². The largest absolute Gasteiger partial charge is 0.436 e. The van der Waals surface area contributed by atoms with Crippen LogP contribution in [-0.4, -0.2) is 195 Å². The highest BCUT2D eigenvalue weighted by atomic mass is 28.5. The molecule has 0 aromatic heterocycles. The lowest BCUT2D eigenvalue weighted by molar-refractivity contribution is 0.124. The van der Waals surface area contributed by atoms with Gasteiger partial charge in [-0.3, -0.25) is 0 Å². The van der Waals surface area contributed by atoms with Crippen LogP contribution in [0.2, 0.25) is 235 Å². The summed E-state index contributed by atoms with van der Waals surface area (Å²) in [6, 6.07) is 1.69. The Morgan fingerprint density at radius 1 is 0.185 bits per heavy atom. The number of ether oxygens (including phenoxy) is 2. The van der Waals surface area contributed by atoms with Crippen molar-refractivity contribution in [2.75, 3.05) is 39.6 Å². The molecule has 488 valence electrons. The summed E-state index contributed by atoms with van der Waals surface area (Å²) in [4.78, 5) is 0. The van der Waals surface area contributed by atoms with E-state index in [0.29, 0.717) is 39.3 Å². The first-order chi connectivity index (χ1) is 35.4. The van der Waals surface area contributed by atoms with Gasteiger partial charge in [-0.15, -0.1) is 0 Å². The fraction of sp³-hybridized carbons (Fsp3) is 1.00. The van der Waals surface area contributed by atoms with Crippen molar-refractivity contribution in [3.63, 3.8) is 0 Å². The van der Waals surface area contributed by atoms with Gasteiger partial charge in [-0.2, -0.15) is 0 Å². The van der Waals surface area contributed by atoms with E-state index >= 15 is 0 Å². The van der Waals surface area contributed by atoms with Gasteiger partial charge in [0, 0.05) is 39.6 Å². The molecule has 0 aromatic rings. The van der Waals surface area contributed by atoms with Gasteiger partial charge >= 0.3 is 128 Å². The SMILES string of the molecule is C[Si](C)(CCOCCCO)O[Si](C)(C)O[Si](C)(C)O[Si](C)(C)O[Si](C)(C)O[Si](C)(C)O[Si](C)(C)O[Si](C)(C)O[Si](C)(C)O[Si](C)(C)O[Si](C)(C)O[Si](C)(C)O[Si](C)(C)O[Si](C)(C)O[Si](C)(C)O[Si](C)(C)O[Si](C)(C)CCOCCCO. The Labute approximate surface area is 513 Å². The fourth-order valence-electron chi connectivity index (χ4n) is 11.2. The van der Waals surface area contributed by atoms with Crippen molar-refractivity contribution in [1.82, 2.24) is 0 Å². The molecule has 0 spiro atoms. The minimum Gasteiger partial charge on any atom is -0.436 e. The van der Waals surface area contributed by atoms with Crippen LogP contribution in [-0.2, 0) is 75.3 Å². The van der Waals surface area contributed by atoms with Crippen LogP contribution >= 0.6 is 0 Å². The van der Waals surface area contributed by atoms with Crippen LogP contribution in [0.4, 0.5) is 0 Å². The zero-order valence-corrected chi connectivity index (χ0v) is 74.8. The first-order valence-electron chi connectivity index (χ1n) is 29.0. The highest BCUT2D eigenvalue weighted by Crippen LogP contribution is 2.34. The van der Waals surface area contributed by atoms with E-state index in [0.717, 1.165) is 12.1 Å². The van der Waals surface area contributed by atoms with Crippen LogP contribution in [0, 0.1) is 0 Å². The molecule has 0 unspecified atom stereocenters. The molecule has 0 atom stereocenters. The van der Waals surface area contributed by atoms with Gasteiger partial charge in [0.05, 0.1) is 0 Å². The fourth-order valence-corrected chi connectivity index (χ4v) is 98.4. The summed E-state index contributed by atoms with van der Waals surface area (Å²) in [6.07, 6.45) is 1.27. The second-order valence-corrected chi connectivity index (χ2v) is 92.1. The topological polar surface area (TPSA) is 207 Å². The van der Waals surface area contributed by atoms with Crippen molar-refractivity contribution in [2.24, 2.45) is 0 Å². The van der Waals surface area contributed by atoms with Gasteiger partial charge < -0.3 is 85.5 Å². The molecule has 0 aliphatic rings. The van der Waals surface area contributed by atoms with E-state index in [1.54, 1.807) is 0 Å². The average molecular weight is 1450 g/mol. The maximum Gasteiger partial charge on any atom is 0.314 e. The summed E-state index contributed by atoms with van der Waals surface area (Å²) in [5.41, 5.74) is 0. The zero-order valence-electron chi connectivity index (χ0n) is 57.8. The molecule has 0 rings (SSSR count). The monoisotopic (exact) mass is 1450 g/mol. The predicted molar refractivity (Wildman–Crippen MR) is 369 cm³/mol. The first kappa shape index (κ1) is 83.9. The zero-order chi connectivity index (χ0) is 64.3. The summed E-state index contributed by atoms with van der Waals surface area (Å²) >= 11 is 0. The van der Waals surface area contributed by atoms with Crippen LogP contribution < -0.4 is 0 Å². The summed E-state index contributed by atoms with van der Waals surface area (Å²) < 4.78 is 121. The molecular weight excluding hydrogens is 1330 g/mol. The van der Waals surface area contributed by atoms with Crippen LogP contribution in [0.5, 0.6) is 0 Å². The Balaban J connectivity index is 5.71. The predicted octanol–water partition coefficient (Wildman–Crippen LogP) is 13.0. The summed E-state index contributed by atoms with van der Waals surface area (Å²) in [5.74, 6) is 0. The molecule has 0 fully saturated rings. The van der Waals surface area contributed by atoms with Gasteiger partial charge in [-0.25, -0.2) is 0 Å². The van der Waals surface area contributed by atoms with Crippen molar-refractivity contribution in [1.29, 1.82) is 0 Å². The van der Waals surface area contributed by atoms with Gasteiger partial charge in [0.1, 0.15) is 0 Å². The van der Waals surface area contributed by atoms with Crippen LogP contribution in [0.15, 0.2) is 0 Å². The Morgan fingerprint density at radius 3 is 0.432 bits per heavy atom. The number of rotatable bonds is 44. The van der Waals surface area contributed by atoms with Crippen molar-refractivity contribution < 1.29 is 85.5 Å². The summed E-state index contributed by atoms with van der Waals surface area (Å²) in [5, 5.41) is 18.1. The van der Waals surface area contributed by atoms with Gasteiger partial charge in [0.15, 0.2) is 16.6 Å². The third kappa shape index (κ3) is 41.1. The lowest BCUT2D eigenvalue weighted by Gasteiger charge is -2.45. The minimum atomic E-state index is -2.86. The van der Waals surface area contributed by atoms with Crippen molar-refractivity contribution in [2.45, 2.75) is 248 Å². The second-order valence-electron chi connectivity index (χ2n) is 29.0. The molecule has 0 saturated carbocycles. The van der Waals surface area contributed by atoms with Crippen LogP contribution in [0.25, 0.3) is 0 Å². The molecule has 0 aromatic carbocycles. The van der Waals surface area contributed by atoms with Crippen LogP contribution in [0.3, 0.4) is 0 Å². The summed E-state index contributed by atoms with van der Waals surface area (Å²) in [6.45, 7) is 73.2. The molecule has 0 heterocycles. The molecule has 2 N–H and O–H groups in total. The number of aliphatic hydroxyl groups excluding tert-OH is 2. The average Bonchev–Trinajstić information content (AvgIpc) is 3.05.